The van der Waals surface area contributed by atoms with Gasteiger partial charge < -0.3 is 20.5 Å². The van der Waals surface area contributed by atoms with Crippen LogP contribution in [0.25, 0.3) is 0 Å². The summed E-state index contributed by atoms with van der Waals surface area (Å²) >= 11 is 1.54. The largest absolute Gasteiger partial charge is 0.492 e. The van der Waals surface area contributed by atoms with E-state index in [1.807, 2.05) is 23.8 Å². The van der Waals surface area contributed by atoms with E-state index in [0.29, 0.717) is 31.4 Å². The van der Waals surface area contributed by atoms with E-state index in [2.05, 4.69) is 15.6 Å². The van der Waals surface area contributed by atoms with Crippen molar-refractivity contribution in [2.45, 2.75) is 19.4 Å². The number of thiophene rings is 1. The van der Waals surface area contributed by atoms with E-state index in [9.17, 15) is 9.50 Å². The second-order valence-electron chi connectivity index (χ2n) is 5.71. The Balaban J connectivity index is 1.83. The molecule has 7 heteroatoms. The van der Waals surface area contributed by atoms with Crippen LogP contribution in [0.4, 0.5) is 4.39 Å². The lowest BCUT2D eigenvalue weighted by Crippen LogP contribution is -2.40. The Hall–Kier alpha value is -2.12. The van der Waals surface area contributed by atoms with Crippen molar-refractivity contribution in [2.75, 3.05) is 26.2 Å². The van der Waals surface area contributed by atoms with Gasteiger partial charge in [-0.1, -0.05) is 6.07 Å². The second kappa shape index (κ2) is 9.39. The van der Waals surface area contributed by atoms with Gasteiger partial charge in [0.2, 0.25) is 0 Å². The van der Waals surface area contributed by atoms with Gasteiger partial charge in [-0.15, -0.1) is 0 Å². The fourth-order valence-corrected chi connectivity index (χ4v) is 2.91. The summed E-state index contributed by atoms with van der Waals surface area (Å²) in [6.07, 6.45) is 0. The zero-order valence-corrected chi connectivity index (χ0v) is 15.3. The zero-order valence-electron chi connectivity index (χ0n) is 14.5. The molecule has 0 aliphatic carbocycles. The van der Waals surface area contributed by atoms with Crippen molar-refractivity contribution in [2.24, 2.45) is 4.99 Å². The van der Waals surface area contributed by atoms with Crippen molar-refractivity contribution in [1.82, 2.24) is 10.6 Å². The van der Waals surface area contributed by atoms with Crippen LogP contribution < -0.4 is 15.4 Å². The van der Waals surface area contributed by atoms with Crippen molar-refractivity contribution in [1.29, 1.82) is 0 Å². The first-order valence-electron chi connectivity index (χ1n) is 8.17. The summed E-state index contributed by atoms with van der Waals surface area (Å²) in [7, 11) is 0. The number of aliphatic hydroxyl groups is 1. The number of rotatable bonds is 8. The molecule has 1 heterocycles. The molecule has 5 nitrogen and oxygen atoms in total. The van der Waals surface area contributed by atoms with Gasteiger partial charge >= 0.3 is 0 Å². The van der Waals surface area contributed by atoms with Crippen molar-refractivity contribution < 1.29 is 14.2 Å². The van der Waals surface area contributed by atoms with Gasteiger partial charge in [0.25, 0.3) is 0 Å². The minimum absolute atomic E-state index is 0.240. The molecule has 136 valence electrons. The molecule has 0 fully saturated rings. The quantitative estimate of drug-likeness (QED) is 0.382. The Labute approximate surface area is 151 Å². The summed E-state index contributed by atoms with van der Waals surface area (Å²) in [6.45, 7) is 5.53. The average Bonchev–Trinajstić information content (AvgIpc) is 3.12. The van der Waals surface area contributed by atoms with Crippen LogP contribution in [0.5, 0.6) is 5.75 Å². The van der Waals surface area contributed by atoms with Crippen LogP contribution in [0.1, 0.15) is 19.4 Å². The molecule has 0 aliphatic rings. The Kier molecular flexibility index (Phi) is 7.21. The van der Waals surface area contributed by atoms with Crippen LogP contribution >= 0.6 is 11.3 Å². The van der Waals surface area contributed by atoms with Gasteiger partial charge in [0.15, 0.2) is 5.96 Å². The third-order valence-corrected chi connectivity index (χ3v) is 4.17. The van der Waals surface area contributed by atoms with Gasteiger partial charge in [-0.2, -0.15) is 11.3 Å². The van der Waals surface area contributed by atoms with Crippen LogP contribution in [-0.2, 0) is 5.60 Å². The first-order chi connectivity index (χ1) is 12.0. The molecule has 1 aromatic carbocycles. The average molecular weight is 365 g/mol. The van der Waals surface area contributed by atoms with Crippen molar-refractivity contribution in [3.05, 3.63) is 52.5 Å². The highest BCUT2D eigenvalue weighted by Gasteiger charge is 2.23. The van der Waals surface area contributed by atoms with Crippen molar-refractivity contribution >= 4 is 17.3 Å². The maximum Gasteiger partial charge on any atom is 0.191 e. The molecule has 2 rings (SSSR count). The molecular formula is C18H24FN3O2S. The van der Waals surface area contributed by atoms with E-state index in [4.69, 9.17) is 4.74 Å². The van der Waals surface area contributed by atoms with E-state index in [-0.39, 0.29) is 12.4 Å². The van der Waals surface area contributed by atoms with Gasteiger partial charge in [0.05, 0.1) is 13.1 Å². The molecule has 2 aromatic rings. The first kappa shape index (κ1) is 19.2. The summed E-state index contributed by atoms with van der Waals surface area (Å²) in [6, 6.07) is 7.93. The lowest BCUT2D eigenvalue weighted by atomic mass is 10.00. The third-order valence-electron chi connectivity index (χ3n) is 3.49. The number of hydrogen-bond donors (Lipinski definition) is 3. The molecule has 1 unspecified atom stereocenters. The van der Waals surface area contributed by atoms with Crippen LogP contribution in [0.2, 0.25) is 0 Å². The smallest absolute Gasteiger partial charge is 0.191 e. The zero-order chi connectivity index (χ0) is 18.1. The molecule has 0 aliphatic heterocycles. The lowest BCUT2D eigenvalue weighted by Gasteiger charge is -2.21. The molecule has 0 spiro atoms. The molecule has 0 radical (unpaired) electrons. The Morgan fingerprint density at radius 1 is 1.36 bits per heavy atom. The predicted molar refractivity (Wildman–Crippen MR) is 99.8 cm³/mol. The van der Waals surface area contributed by atoms with E-state index < -0.39 is 5.60 Å². The fourth-order valence-electron chi connectivity index (χ4n) is 2.13. The van der Waals surface area contributed by atoms with Gasteiger partial charge in [0.1, 0.15) is 23.8 Å². The monoisotopic (exact) mass is 365 g/mol. The highest BCUT2D eigenvalue weighted by molar-refractivity contribution is 7.08. The molecule has 0 bridgehead atoms. The number of nitrogens with one attached hydrogen (secondary N) is 2. The standard InChI is InChI=1S/C18H24FN3O2S/c1-3-20-17(22-13-18(2,23)14-7-10-25-12-14)21-8-9-24-16-6-4-5-15(19)11-16/h4-7,10-12,23H,3,8-9,13H2,1-2H3,(H2,20,21,22). The summed E-state index contributed by atoms with van der Waals surface area (Å²) in [5.74, 6) is 0.765. The van der Waals surface area contributed by atoms with Crippen LogP contribution in [0.3, 0.4) is 0 Å². The van der Waals surface area contributed by atoms with E-state index >= 15 is 0 Å². The molecule has 1 aromatic heterocycles. The van der Waals surface area contributed by atoms with Crippen LogP contribution in [0, 0.1) is 5.82 Å². The van der Waals surface area contributed by atoms with Crippen molar-refractivity contribution in [3.63, 3.8) is 0 Å². The fraction of sp³-hybridized carbons (Fsp3) is 0.389. The van der Waals surface area contributed by atoms with Gasteiger partial charge in [-0.3, -0.25) is 0 Å². The van der Waals surface area contributed by atoms with E-state index in [1.165, 1.54) is 12.1 Å². The topological polar surface area (TPSA) is 65.9 Å². The summed E-state index contributed by atoms with van der Waals surface area (Å²) in [5.41, 5.74) is -0.160. The summed E-state index contributed by atoms with van der Waals surface area (Å²) in [5, 5.41) is 20.6. The molecule has 0 saturated heterocycles. The second-order valence-corrected chi connectivity index (χ2v) is 6.49. The van der Waals surface area contributed by atoms with Crippen LogP contribution in [0.15, 0.2) is 46.1 Å². The predicted octanol–water partition coefficient (Wildman–Crippen LogP) is 2.73. The molecule has 0 saturated carbocycles. The maximum atomic E-state index is 13.1. The van der Waals surface area contributed by atoms with Crippen LogP contribution in [-0.4, -0.2) is 37.3 Å². The van der Waals surface area contributed by atoms with Gasteiger partial charge in [0, 0.05) is 12.6 Å². The van der Waals surface area contributed by atoms with Gasteiger partial charge in [-0.05, 0) is 48.4 Å². The number of ether oxygens (including phenoxy) is 1. The van der Waals surface area contributed by atoms with E-state index in [1.54, 1.807) is 30.4 Å². The number of aliphatic imine (C=N–C) groups is 1. The highest BCUT2D eigenvalue weighted by atomic mass is 32.1. The number of guanidine groups is 1. The molecule has 3 N–H and O–H groups in total. The number of benzene rings is 1. The highest BCUT2D eigenvalue weighted by Crippen LogP contribution is 2.23. The third kappa shape index (κ3) is 6.36. The number of nitrogens with zero attached hydrogens (tertiary/aromatic N) is 1. The number of hydrogen-bond acceptors (Lipinski definition) is 4. The van der Waals surface area contributed by atoms with Crippen molar-refractivity contribution in [3.8, 4) is 5.75 Å². The number of halogens is 1. The first-order valence-corrected chi connectivity index (χ1v) is 9.11. The summed E-state index contributed by atoms with van der Waals surface area (Å²) < 4.78 is 18.6. The molecule has 25 heavy (non-hydrogen) atoms. The molecule has 0 amide bonds. The molecular weight excluding hydrogens is 341 g/mol. The lowest BCUT2D eigenvalue weighted by molar-refractivity contribution is 0.0677. The minimum atomic E-state index is -1.01. The summed E-state index contributed by atoms with van der Waals surface area (Å²) in [4.78, 5) is 4.43. The maximum absolute atomic E-state index is 13.1. The molecule has 1 atom stereocenters. The van der Waals surface area contributed by atoms with Gasteiger partial charge in [-0.25, -0.2) is 9.38 Å². The minimum Gasteiger partial charge on any atom is -0.492 e. The Morgan fingerprint density at radius 2 is 2.20 bits per heavy atom. The Bertz CT molecular complexity index is 675. The Morgan fingerprint density at radius 3 is 2.88 bits per heavy atom. The normalized spacial score (nSPS) is 14.0. The SMILES string of the molecule is CCNC(=NCC(C)(O)c1ccsc1)NCCOc1cccc(F)c1. The van der Waals surface area contributed by atoms with E-state index in [0.717, 1.165) is 5.56 Å².